The largest absolute Gasteiger partial charge is 0.374 e. The van der Waals surface area contributed by atoms with Crippen molar-refractivity contribution in [2.75, 3.05) is 6.61 Å². The zero-order valence-electron chi connectivity index (χ0n) is 8.99. The molecular weight excluding hydrogens is 172 g/mol. The van der Waals surface area contributed by atoms with Crippen molar-refractivity contribution in [3.05, 3.63) is 35.4 Å². The Morgan fingerprint density at radius 3 is 2.93 bits per heavy atom. The van der Waals surface area contributed by atoms with E-state index in [4.69, 9.17) is 4.74 Å². The average molecular weight is 190 g/mol. The Morgan fingerprint density at radius 1 is 1.36 bits per heavy atom. The Balaban J connectivity index is 2.14. The maximum Gasteiger partial charge on any atom is 0.0827 e. The minimum absolute atomic E-state index is 0.332. The predicted octanol–water partition coefficient (Wildman–Crippen LogP) is 3.48. The van der Waals surface area contributed by atoms with Crippen molar-refractivity contribution in [1.82, 2.24) is 0 Å². The molecule has 0 N–H and O–H groups in total. The van der Waals surface area contributed by atoms with Gasteiger partial charge in [0, 0.05) is 6.61 Å². The van der Waals surface area contributed by atoms with Crippen molar-refractivity contribution in [3.63, 3.8) is 0 Å². The molecule has 1 aromatic carbocycles. The summed E-state index contributed by atoms with van der Waals surface area (Å²) in [5.41, 5.74) is 2.67. The smallest absolute Gasteiger partial charge is 0.0827 e. The lowest BCUT2D eigenvalue weighted by molar-refractivity contribution is -0.00635. The molecule has 76 valence electrons. The van der Waals surface area contributed by atoms with Crippen LogP contribution in [0, 0.1) is 12.8 Å². The fraction of sp³-hybridized carbons (Fsp3) is 0.538. The van der Waals surface area contributed by atoms with Gasteiger partial charge in [-0.25, -0.2) is 0 Å². The minimum Gasteiger partial charge on any atom is -0.374 e. The van der Waals surface area contributed by atoms with Crippen LogP contribution in [-0.2, 0) is 4.74 Å². The van der Waals surface area contributed by atoms with Gasteiger partial charge in [-0.05, 0) is 31.2 Å². The summed E-state index contributed by atoms with van der Waals surface area (Å²) < 4.78 is 5.79. The summed E-state index contributed by atoms with van der Waals surface area (Å²) >= 11 is 0. The van der Waals surface area contributed by atoms with E-state index in [9.17, 15) is 0 Å². The van der Waals surface area contributed by atoms with Gasteiger partial charge in [0.05, 0.1) is 6.10 Å². The molecule has 14 heavy (non-hydrogen) atoms. The number of aryl methyl sites for hydroxylation is 1. The van der Waals surface area contributed by atoms with Crippen LogP contribution in [0.5, 0.6) is 0 Å². The first kappa shape index (κ1) is 9.72. The summed E-state index contributed by atoms with van der Waals surface area (Å²) in [5, 5.41) is 0. The molecule has 0 bridgehead atoms. The highest BCUT2D eigenvalue weighted by Gasteiger charge is 2.20. The van der Waals surface area contributed by atoms with Gasteiger partial charge in [0.1, 0.15) is 0 Å². The second-order valence-electron chi connectivity index (χ2n) is 4.40. The number of hydrogen-bond acceptors (Lipinski definition) is 1. The molecule has 2 atom stereocenters. The molecule has 1 aliphatic rings. The lowest BCUT2D eigenvalue weighted by atomic mass is 9.93. The Hall–Kier alpha value is -0.820. The molecule has 2 unspecified atom stereocenters. The molecule has 1 fully saturated rings. The van der Waals surface area contributed by atoms with Crippen LogP contribution in [0.2, 0.25) is 0 Å². The molecule has 1 heteroatoms. The van der Waals surface area contributed by atoms with Gasteiger partial charge in [-0.2, -0.15) is 0 Å². The third kappa shape index (κ3) is 2.16. The lowest BCUT2D eigenvalue weighted by Crippen LogP contribution is -2.17. The van der Waals surface area contributed by atoms with Crippen molar-refractivity contribution in [2.45, 2.75) is 32.8 Å². The van der Waals surface area contributed by atoms with E-state index in [1.54, 1.807) is 0 Å². The monoisotopic (exact) mass is 190 g/mol. The van der Waals surface area contributed by atoms with Gasteiger partial charge in [-0.1, -0.05) is 36.8 Å². The molecule has 0 aromatic heterocycles. The predicted molar refractivity (Wildman–Crippen MR) is 58.3 cm³/mol. The summed E-state index contributed by atoms with van der Waals surface area (Å²) in [6.07, 6.45) is 2.71. The summed E-state index contributed by atoms with van der Waals surface area (Å²) in [5.74, 6) is 0.800. The van der Waals surface area contributed by atoms with Gasteiger partial charge in [-0.3, -0.25) is 0 Å². The van der Waals surface area contributed by atoms with E-state index >= 15 is 0 Å². The first-order valence-electron chi connectivity index (χ1n) is 5.44. The standard InChI is InChI=1S/C13H18O/c1-10-4-3-5-12(8-10)13-9-11(2)6-7-14-13/h3-5,8,11,13H,6-7,9H2,1-2H3. The molecule has 0 saturated carbocycles. The first-order valence-corrected chi connectivity index (χ1v) is 5.44. The molecule has 1 nitrogen and oxygen atoms in total. The summed E-state index contributed by atoms with van der Waals surface area (Å²) in [6.45, 7) is 5.36. The topological polar surface area (TPSA) is 9.23 Å². The lowest BCUT2D eigenvalue weighted by Gasteiger charge is -2.27. The Kier molecular flexibility index (Phi) is 2.87. The fourth-order valence-corrected chi connectivity index (χ4v) is 2.07. The third-order valence-corrected chi connectivity index (χ3v) is 2.96. The second kappa shape index (κ2) is 4.14. The van der Waals surface area contributed by atoms with E-state index in [0.29, 0.717) is 6.10 Å². The van der Waals surface area contributed by atoms with E-state index < -0.39 is 0 Å². The number of rotatable bonds is 1. The van der Waals surface area contributed by atoms with Crippen molar-refractivity contribution in [2.24, 2.45) is 5.92 Å². The molecule has 1 heterocycles. The van der Waals surface area contributed by atoms with Gasteiger partial charge < -0.3 is 4.74 Å². The molecule has 0 spiro atoms. The maximum absolute atomic E-state index is 5.79. The fourth-order valence-electron chi connectivity index (χ4n) is 2.07. The normalized spacial score (nSPS) is 27.6. The van der Waals surface area contributed by atoms with Crippen LogP contribution >= 0.6 is 0 Å². The second-order valence-corrected chi connectivity index (χ2v) is 4.40. The van der Waals surface area contributed by atoms with E-state index in [0.717, 1.165) is 12.5 Å². The Bertz CT molecular complexity index is 306. The molecule has 2 rings (SSSR count). The van der Waals surface area contributed by atoms with Crippen LogP contribution in [0.4, 0.5) is 0 Å². The molecule has 0 amide bonds. The van der Waals surface area contributed by atoms with Crippen LogP contribution < -0.4 is 0 Å². The van der Waals surface area contributed by atoms with Crippen LogP contribution in [0.3, 0.4) is 0 Å². The molecule has 1 aromatic rings. The van der Waals surface area contributed by atoms with Gasteiger partial charge in [0.2, 0.25) is 0 Å². The van der Waals surface area contributed by atoms with Crippen molar-refractivity contribution in [1.29, 1.82) is 0 Å². The average Bonchev–Trinajstić information content (AvgIpc) is 2.18. The van der Waals surface area contributed by atoms with Crippen LogP contribution in [-0.4, -0.2) is 6.61 Å². The first-order chi connectivity index (χ1) is 6.75. The van der Waals surface area contributed by atoms with E-state index in [1.807, 2.05) is 0 Å². The summed E-state index contributed by atoms with van der Waals surface area (Å²) in [4.78, 5) is 0. The SMILES string of the molecule is Cc1cccc(C2CC(C)CCO2)c1. The summed E-state index contributed by atoms with van der Waals surface area (Å²) in [7, 11) is 0. The van der Waals surface area contributed by atoms with Crippen LogP contribution in [0.25, 0.3) is 0 Å². The molecule has 1 aliphatic heterocycles. The zero-order valence-corrected chi connectivity index (χ0v) is 8.99. The highest BCUT2D eigenvalue weighted by Crippen LogP contribution is 2.31. The van der Waals surface area contributed by atoms with Gasteiger partial charge >= 0.3 is 0 Å². The van der Waals surface area contributed by atoms with Crippen LogP contribution in [0.15, 0.2) is 24.3 Å². The molecule has 1 saturated heterocycles. The van der Waals surface area contributed by atoms with Crippen molar-refractivity contribution < 1.29 is 4.74 Å². The van der Waals surface area contributed by atoms with E-state index in [-0.39, 0.29) is 0 Å². The highest BCUT2D eigenvalue weighted by atomic mass is 16.5. The Morgan fingerprint density at radius 2 is 2.21 bits per heavy atom. The summed E-state index contributed by atoms with van der Waals surface area (Å²) in [6, 6.07) is 8.67. The van der Waals surface area contributed by atoms with Gasteiger partial charge in [0.15, 0.2) is 0 Å². The number of benzene rings is 1. The van der Waals surface area contributed by atoms with Crippen molar-refractivity contribution in [3.8, 4) is 0 Å². The zero-order chi connectivity index (χ0) is 9.97. The molecular formula is C13H18O. The van der Waals surface area contributed by atoms with Crippen LogP contribution in [0.1, 0.15) is 37.0 Å². The van der Waals surface area contributed by atoms with Crippen molar-refractivity contribution >= 4 is 0 Å². The van der Waals surface area contributed by atoms with Gasteiger partial charge in [-0.15, -0.1) is 0 Å². The number of hydrogen-bond donors (Lipinski definition) is 0. The van der Waals surface area contributed by atoms with E-state index in [1.165, 1.54) is 24.0 Å². The minimum atomic E-state index is 0.332. The molecule has 0 aliphatic carbocycles. The third-order valence-electron chi connectivity index (χ3n) is 2.96. The maximum atomic E-state index is 5.79. The highest BCUT2D eigenvalue weighted by molar-refractivity contribution is 5.24. The molecule has 0 radical (unpaired) electrons. The Labute approximate surface area is 86.1 Å². The quantitative estimate of drug-likeness (QED) is 0.658. The van der Waals surface area contributed by atoms with Gasteiger partial charge in [0.25, 0.3) is 0 Å². The number of ether oxygens (including phenoxy) is 1. The van der Waals surface area contributed by atoms with E-state index in [2.05, 4.69) is 38.1 Å².